The van der Waals surface area contributed by atoms with E-state index in [0.717, 1.165) is 18.6 Å². The molecule has 1 rings (SSSR count). The standard InChI is InChI=1S/C13H24N2O3S/c1-13(2,3)19-8-7-18-11(16)10-5-4-6-15(9-10)12(14)17/h10H,4-9H2,1-3H3,(H2,14,17)/t10-/m1/s1. The molecule has 0 radical (unpaired) electrons. The van der Waals surface area contributed by atoms with Gasteiger partial charge in [0.15, 0.2) is 0 Å². The number of carbonyl (C=O) groups excluding carboxylic acids is 2. The lowest BCUT2D eigenvalue weighted by Crippen LogP contribution is -2.45. The van der Waals surface area contributed by atoms with Gasteiger partial charge < -0.3 is 15.4 Å². The molecule has 0 saturated carbocycles. The normalized spacial score (nSPS) is 20.2. The fraction of sp³-hybridized carbons (Fsp3) is 0.846. The quantitative estimate of drug-likeness (QED) is 0.633. The molecule has 5 nitrogen and oxygen atoms in total. The Bertz CT molecular complexity index is 328. The van der Waals surface area contributed by atoms with E-state index < -0.39 is 6.03 Å². The SMILES string of the molecule is CC(C)(C)SCCOC(=O)[C@@H]1CCCN(C(N)=O)C1. The van der Waals surface area contributed by atoms with E-state index in [1.54, 1.807) is 11.8 Å². The Morgan fingerprint density at radius 2 is 2.11 bits per heavy atom. The Kier molecular flexibility index (Phi) is 5.97. The zero-order valence-corrected chi connectivity index (χ0v) is 12.8. The molecule has 6 heteroatoms. The summed E-state index contributed by atoms with van der Waals surface area (Å²) in [4.78, 5) is 24.5. The number of rotatable bonds is 4. The number of amides is 2. The summed E-state index contributed by atoms with van der Waals surface area (Å²) in [6, 6.07) is -0.458. The molecule has 1 atom stereocenters. The topological polar surface area (TPSA) is 72.6 Å². The van der Waals surface area contributed by atoms with Gasteiger partial charge in [-0.1, -0.05) is 20.8 Å². The number of esters is 1. The molecule has 1 aliphatic rings. The van der Waals surface area contributed by atoms with Gasteiger partial charge in [-0.3, -0.25) is 4.79 Å². The summed E-state index contributed by atoms with van der Waals surface area (Å²) in [5, 5.41) is 0. The van der Waals surface area contributed by atoms with Crippen LogP contribution in [0.2, 0.25) is 0 Å². The minimum atomic E-state index is -0.458. The van der Waals surface area contributed by atoms with Crippen molar-refractivity contribution in [2.24, 2.45) is 11.7 Å². The Morgan fingerprint density at radius 3 is 2.68 bits per heavy atom. The number of likely N-dealkylation sites (tertiary alicyclic amines) is 1. The van der Waals surface area contributed by atoms with Crippen LogP contribution in [0.15, 0.2) is 0 Å². The number of nitrogens with two attached hydrogens (primary N) is 1. The molecular formula is C13H24N2O3S. The summed E-state index contributed by atoms with van der Waals surface area (Å²) in [6.07, 6.45) is 1.58. The summed E-state index contributed by atoms with van der Waals surface area (Å²) >= 11 is 1.77. The van der Waals surface area contributed by atoms with Crippen LogP contribution in [0.4, 0.5) is 4.79 Å². The fourth-order valence-corrected chi connectivity index (χ4v) is 2.76. The van der Waals surface area contributed by atoms with E-state index in [1.165, 1.54) is 4.90 Å². The van der Waals surface area contributed by atoms with Crippen molar-refractivity contribution in [2.75, 3.05) is 25.4 Å². The second-order valence-corrected chi connectivity index (χ2v) is 7.67. The number of hydrogen-bond donors (Lipinski definition) is 1. The van der Waals surface area contributed by atoms with Crippen LogP contribution in [0.25, 0.3) is 0 Å². The van der Waals surface area contributed by atoms with Crippen molar-refractivity contribution < 1.29 is 14.3 Å². The first-order chi connectivity index (χ1) is 8.79. The van der Waals surface area contributed by atoms with Gasteiger partial charge in [-0.2, -0.15) is 11.8 Å². The number of primary amides is 1. The number of hydrogen-bond acceptors (Lipinski definition) is 4. The van der Waals surface area contributed by atoms with Crippen LogP contribution in [-0.2, 0) is 9.53 Å². The van der Waals surface area contributed by atoms with Gasteiger partial charge in [0.25, 0.3) is 0 Å². The van der Waals surface area contributed by atoms with E-state index in [9.17, 15) is 9.59 Å². The molecular weight excluding hydrogens is 264 g/mol. The average Bonchev–Trinajstić information content (AvgIpc) is 2.33. The number of nitrogens with zero attached hydrogens (tertiary/aromatic N) is 1. The van der Waals surface area contributed by atoms with Crippen LogP contribution in [0.3, 0.4) is 0 Å². The van der Waals surface area contributed by atoms with E-state index in [-0.39, 0.29) is 16.6 Å². The Labute approximate surface area is 119 Å². The third-order valence-electron chi connectivity index (χ3n) is 2.93. The molecule has 0 aromatic heterocycles. The van der Waals surface area contributed by atoms with Crippen LogP contribution in [0.1, 0.15) is 33.6 Å². The van der Waals surface area contributed by atoms with Crippen LogP contribution >= 0.6 is 11.8 Å². The fourth-order valence-electron chi connectivity index (χ4n) is 1.98. The zero-order valence-electron chi connectivity index (χ0n) is 12.0. The monoisotopic (exact) mass is 288 g/mol. The largest absolute Gasteiger partial charge is 0.465 e. The molecule has 1 saturated heterocycles. The molecule has 0 aliphatic carbocycles. The molecule has 1 fully saturated rings. The molecule has 2 N–H and O–H groups in total. The highest BCUT2D eigenvalue weighted by Gasteiger charge is 2.28. The molecule has 1 heterocycles. The molecule has 19 heavy (non-hydrogen) atoms. The van der Waals surface area contributed by atoms with Crippen molar-refractivity contribution in [3.05, 3.63) is 0 Å². The van der Waals surface area contributed by atoms with Crippen molar-refractivity contribution in [1.29, 1.82) is 0 Å². The second-order valence-electron chi connectivity index (χ2n) is 5.75. The zero-order chi connectivity index (χ0) is 14.5. The van der Waals surface area contributed by atoms with Gasteiger partial charge in [0.2, 0.25) is 0 Å². The Morgan fingerprint density at radius 1 is 1.42 bits per heavy atom. The maximum absolute atomic E-state index is 11.9. The lowest BCUT2D eigenvalue weighted by molar-refractivity contribution is -0.149. The first-order valence-corrected chi connectivity index (χ1v) is 7.63. The predicted molar refractivity (Wildman–Crippen MR) is 77.1 cm³/mol. The van der Waals surface area contributed by atoms with Crippen LogP contribution in [-0.4, -0.2) is 47.1 Å². The predicted octanol–water partition coefficient (Wildman–Crippen LogP) is 1.85. The summed E-state index contributed by atoms with van der Waals surface area (Å²) in [5.41, 5.74) is 5.23. The minimum absolute atomic E-state index is 0.181. The van der Waals surface area contributed by atoms with Gasteiger partial charge in [-0.25, -0.2) is 4.79 Å². The molecule has 0 aromatic rings. The van der Waals surface area contributed by atoms with E-state index in [4.69, 9.17) is 10.5 Å². The lowest BCUT2D eigenvalue weighted by Gasteiger charge is -2.30. The minimum Gasteiger partial charge on any atom is -0.465 e. The van der Waals surface area contributed by atoms with Crippen LogP contribution in [0, 0.1) is 5.92 Å². The third kappa shape index (κ3) is 6.18. The van der Waals surface area contributed by atoms with Crippen molar-refractivity contribution in [3.8, 4) is 0 Å². The van der Waals surface area contributed by atoms with Crippen LogP contribution < -0.4 is 5.73 Å². The van der Waals surface area contributed by atoms with Gasteiger partial charge in [-0.05, 0) is 12.8 Å². The Balaban J connectivity index is 2.27. The van der Waals surface area contributed by atoms with Gasteiger partial charge in [0, 0.05) is 23.6 Å². The van der Waals surface area contributed by atoms with Crippen molar-refractivity contribution in [3.63, 3.8) is 0 Å². The number of urea groups is 1. The van der Waals surface area contributed by atoms with Gasteiger partial charge >= 0.3 is 12.0 Å². The van der Waals surface area contributed by atoms with Crippen molar-refractivity contribution >= 4 is 23.8 Å². The van der Waals surface area contributed by atoms with E-state index in [2.05, 4.69) is 20.8 Å². The molecule has 0 unspecified atom stereocenters. The first kappa shape index (κ1) is 16.1. The maximum atomic E-state index is 11.9. The first-order valence-electron chi connectivity index (χ1n) is 6.64. The number of carbonyl (C=O) groups is 2. The number of thioether (sulfide) groups is 1. The average molecular weight is 288 g/mol. The summed E-state index contributed by atoms with van der Waals surface area (Å²) in [6.45, 7) is 7.84. The third-order valence-corrected chi connectivity index (χ3v) is 4.17. The number of ether oxygens (including phenoxy) is 1. The summed E-state index contributed by atoms with van der Waals surface area (Å²) in [7, 11) is 0. The highest BCUT2D eigenvalue weighted by Crippen LogP contribution is 2.23. The highest BCUT2D eigenvalue weighted by molar-refractivity contribution is 8.00. The molecule has 0 spiro atoms. The highest BCUT2D eigenvalue weighted by atomic mass is 32.2. The number of piperidine rings is 1. The Hall–Kier alpha value is -0.910. The molecule has 0 bridgehead atoms. The van der Waals surface area contributed by atoms with E-state index in [0.29, 0.717) is 19.7 Å². The van der Waals surface area contributed by atoms with Gasteiger partial charge in [0.1, 0.15) is 6.61 Å². The molecule has 0 aromatic carbocycles. The second kappa shape index (κ2) is 7.03. The van der Waals surface area contributed by atoms with Crippen molar-refractivity contribution in [1.82, 2.24) is 4.90 Å². The van der Waals surface area contributed by atoms with Gasteiger partial charge in [-0.15, -0.1) is 0 Å². The van der Waals surface area contributed by atoms with Gasteiger partial charge in [0.05, 0.1) is 5.92 Å². The molecule has 110 valence electrons. The molecule has 2 amide bonds. The van der Waals surface area contributed by atoms with E-state index in [1.807, 2.05) is 0 Å². The van der Waals surface area contributed by atoms with Crippen LogP contribution in [0.5, 0.6) is 0 Å². The van der Waals surface area contributed by atoms with E-state index >= 15 is 0 Å². The maximum Gasteiger partial charge on any atom is 0.314 e. The van der Waals surface area contributed by atoms with Crippen molar-refractivity contribution in [2.45, 2.75) is 38.4 Å². The smallest absolute Gasteiger partial charge is 0.314 e. The lowest BCUT2D eigenvalue weighted by atomic mass is 9.98. The summed E-state index contributed by atoms with van der Waals surface area (Å²) < 4.78 is 5.45. The summed E-state index contributed by atoms with van der Waals surface area (Å²) in [5.74, 6) is 0.364. The molecule has 1 aliphatic heterocycles.